The number of nitrogens with zero attached hydrogens (tertiary/aromatic N) is 5. The Labute approximate surface area is 183 Å². The van der Waals surface area contributed by atoms with E-state index in [4.69, 9.17) is 4.74 Å². The molecule has 4 aromatic rings. The van der Waals surface area contributed by atoms with Crippen LogP contribution in [-0.2, 0) is 22.7 Å². The molecule has 3 aromatic heterocycles. The van der Waals surface area contributed by atoms with Gasteiger partial charge in [-0.1, -0.05) is 0 Å². The highest BCUT2D eigenvalue weighted by atomic mass is 32.2. The summed E-state index contributed by atoms with van der Waals surface area (Å²) in [6, 6.07) is 6.73. The zero-order valence-electron chi connectivity index (χ0n) is 17.5. The molecule has 0 amide bonds. The largest absolute Gasteiger partial charge is 0.494 e. The lowest BCUT2D eigenvalue weighted by Gasteiger charge is -2.34. The number of hydrogen-bond donors (Lipinski definition) is 1. The third-order valence-corrected chi connectivity index (χ3v) is 7.14. The highest BCUT2D eigenvalue weighted by Gasteiger charge is 2.39. The Kier molecular flexibility index (Phi) is 4.66. The molecule has 166 valence electrons. The Morgan fingerprint density at radius 3 is 2.72 bits per heavy atom. The molecule has 1 saturated carbocycles. The number of sulfonamides is 1. The van der Waals surface area contributed by atoms with Crippen LogP contribution in [0.25, 0.3) is 16.7 Å². The summed E-state index contributed by atoms with van der Waals surface area (Å²) in [7, 11) is -0.825. The fourth-order valence-corrected chi connectivity index (χ4v) is 4.89. The molecule has 1 N–H and O–H groups in total. The quantitative estimate of drug-likeness (QED) is 0.477. The molecule has 1 fully saturated rings. The zero-order chi connectivity index (χ0) is 22.5. The lowest BCUT2D eigenvalue weighted by atomic mass is 9.77. The van der Waals surface area contributed by atoms with E-state index in [1.165, 1.54) is 30.4 Å². The maximum absolute atomic E-state index is 14.8. The first kappa shape index (κ1) is 20.4. The van der Waals surface area contributed by atoms with Crippen molar-refractivity contribution in [3.05, 3.63) is 54.6 Å². The van der Waals surface area contributed by atoms with Crippen molar-refractivity contribution in [3.63, 3.8) is 0 Å². The Bertz CT molecular complexity index is 1420. The van der Waals surface area contributed by atoms with Crippen LogP contribution in [0, 0.1) is 0 Å². The summed E-state index contributed by atoms with van der Waals surface area (Å²) in [5, 5.41) is 9.09. The van der Waals surface area contributed by atoms with Crippen LogP contribution in [0.4, 0.5) is 10.1 Å². The first-order valence-electron chi connectivity index (χ1n) is 10.0. The van der Waals surface area contributed by atoms with Gasteiger partial charge in [-0.25, -0.2) is 22.5 Å². The minimum absolute atomic E-state index is 0.0652. The summed E-state index contributed by atoms with van der Waals surface area (Å²) in [5.41, 5.74) is 0.0460. The maximum atomic E-state index is 14.8. The number of ether oxygens (including phenoxy) is 1. The van der Waals surface area contributed by atoms with Crippen LogP contribution in [0.15, 0.2) is 53.9 Å². The number of fused-ring (bicyclic) bond motifs is 1. The molecule has 5 rings (SSSR count). The average Bonchev–Trinajstić information content (AvgIpc) is 3.40. The molecule has 1 aliphatic carbocycles. The van der Waals surface area contributed by atoms with Crippen LogP contribution in [-0.4, -0.2) is 40.1 Å². The monoisotopic (exact) mass is 456 g/mol. The zero-order valence-corrected chi connectivity index (χ0v) is 18.3. The molecule has 0 atom stereocenters. The standard InChI is InChI=1S/C21H21FN6O3S/c1-27-20-14(11-24-27)4-5-17(31-2)19(20)26-32(29,30)16-12-25-28(13-16)18-10-15(6-9-23-18)21(22)7-3-8-21/h4-6,9-13,26H,3,7-8H2,1-2H3. The number of halogens is 1. The van der Waals surface area contributed by atoms with Crippen LogP contribution >= 0.6 is 0 Å². The molecule has 32 heavy (non-hydrogen) atoms. The Balaban J connectivity index is 1.49. The lowest BCUT2D eigenvalue weighted by Crippen LogP contribution is -2.28. The van der Waals surface area contributed by atoms with E-state index >= 15 is 0 Å². The third kappa shape index (κ3) is 3.29. The number of aromatic nitrogens is 5. The summed E-state index contributed by atoms with van der Waals surface area (Å²) in [6.45, 7) is 0. The Hall–Kier alpha value is -3.47. The van der Waals surface area contributed by atoms with Crippen LogP contribution in [0.3, 0.4) is 0 Å². The molecule has 9 nitrogen and oxygen atoms in total. The molecule has 1 aliphatic rings. The van der Waals surface area contributed by atoms with E-state index in [-0.39, 0.29) is 10.6 Å². The highest BCUT2D eigenvalue weighted by molar-refractivity contribution is 7.92. The van der Waals surface area contributed by atoms with Crippen LogP contribution in [0.5, 0.6) is 5.75 Å². The first-order chi connectivity index (χ1) is 15.3. The molecule has 0 saturated heterocycles. The molecule has 11 heteroatoms. The summed E-state index contributed by atoms with van der Waals surface area (Å²) in [4.78, 5) is 4.16. The van der Waals surface area contributed by atoms with Crippen molar-refractivity contribution in [2.24, 2.45) is 7.05 Å². The van der Waals surface area contributed by atoms with Gasteiger partial charge >= 0.3 is 0 Å². The SMILES string of the molecule is COc1ccc2cnn(C)c2c1NS(=O)(=O)c1cnn(-c2cc(C3(F)CCC3)ccn2)c1. The van der Waals surface area contributed by atoms with Gasteiger partial charge in [0, 0.05) is 18.6 Å². The Morgan fingerprint density at radius 2 is 2.00 bits per heavy atom. The van der Waals surface area contributed by atoms with Crippen molar-refractivity contribution in [2.75, 3.05) is 11.8 Å². The number of pyridine rings is 1. The van der Waals surface area contributed by atoms with E-state index in [0.29, 0.717) is 35.5 Å². The van der Waals surface area contributed by atoms with E-state index in [1.807, 2.05) is 0 Å². The number of benzene rings is 1. The third-order valence-electron chi connectivity index (χ3n) is 5.83. The molecular weight excluding hydrogens is 435 g/mol. The van der Waals surface area contributed by atoms with E-state index in [0.717, 1.165) is 11.8 Å². The van der Waals surface area contributed by atoms with Gasteiger partial charge in [0.1, 0.15) is 22.0 Å². The van der Waals surface area contributed by atoms with E-state index < -0.39 is 15.7 Å². The average molecular weight is 457 g/mol. The van der Waals surface area contributed by atoms with Crippen molar-refractivity contribution in [3.8, 4) is 11.6 Å². The second-order valence-corrected chi connectivity index (χ2v) is 9.48. The molecule has 3 heterocycles. The number of rotatable bonds is 6. The van der Waals surface area contributed by atoms with Gasteiger partial charge in [0.05, 0.1) is 31.2 Å². The van der Waals surface area contributed by atoms with Gasteiger partial charge in [0.25, 0.3) is 10.0 Å². The number of aryl methyl sites for hydroxylation is 1. The summed E-state index contributed by atoms with van der Waals surface area (Å²) in [5.74, 6) is 0.708. The number of nitrogens with one attached hydrogen (secondary N) is 1. The van der Waals surface area contributed by atoms with Crippen molar-refractivity contribution >= 4 is 26.6 Å². The molecule has 0 spiro atoms. The number of hydrogen-bond acceptors (Lipinski definition) is 6. The summed E-state index contributed by atoms with van der Waals surface area (Å²) in [6.07, 6.45) is 7.50. The van der Waals surface area contributed by atoms with Gasteiger partial charge in [-0.15, -0.1) is 0 Å². The van der Waals surface area contributed by atoms with E-state index in [1.54, 1.807) is 42.2 Å². The predicted molar refractivity (Wildman–Crippen MR) is 116 cm³/mol. The minimum atomic E-state index is -4.01. The molecule has 0 aliphatic heterocycles. The Morgan fingerprint density at radius 1 is 1.19 bits per heavy atom. The maximum Gasteiger partial charge on any atom is 0.265 e. The molecule has 0 unspecified atom stereocenters. The second kappa shape index (κ2) is 7.30. The van der Waals surface area contributed by atoms with Crippen molar-refractivity contribution < 1.29 is 17.5 Å². The number of alkyl halides is 1. The van der Waals surface area contributed by atoms with Gasteiger partial charge in [0.2, 0.25) is 0 Å². The molecule has 0 radical (unpaired) electrons. The van der Waals surface area contributed by atoms with Crippen LogP contribution in [0.2, 0.25) is 0 Å². The van der Waals surface area contributed by atoms with Crippen molar-refractivity contribution in [1.82, 2.24) is 24.5 Å². The predicted octanol–water partition coefficient (Wildman–Crippen LogP) is 3.31. The number of methoxy groups -OCH3 is 1. The molecular formula is C21H21FN6O3S. The normalized spacial score (nSPS) is 15.5. The fraction of sp³-hybridized carbons (Fsp3) is 0.286. The smallest absolute Gasteiger partial charge is 0.265 e. The van der Waals surface area contributed by atoms with Crippen molar-refractivity contribution in [1.29, 1.82) is 0 Å². The number of anilines is 1. The van der Waals surface area contributed by atoms with Crippen molar-refractivity contribution in [2.45, 2.75) is 29.8 Å². The minimum Gasteiger partial charge on any atom is -0.494 e. The van der Waals surface area contributed by atoms with Gasteiger partial charge in [-0.05, 0) is 49.1 Å². The van der Waals surface area contributed by atoms with Gasteiger partial charge in [0.15, 0.2) is 5.82 Å². The first-order valence-corrected chi connectivity index (χ1v) is 11.5. The van der Waals surface area contributed by atoms with E-state index in [9.17, 15) is 12.8 Å². The van der Waals surface area contributed by atoms with Gasteiger partial charge < -0.3 is 4.74 Å². The van der Waals surface area contributed by atoms with Gasteiger partial charge in [-0.3, -0.25) is 9.40 Å². The fourth-order valence-electron chi connectivity index (χ4n) is 3.88. The molecule has 0 bridgehead atoms. The van der Waals surface area contributed by atoms with E-state index in [2.05, 4.69) is 19.9 Å². The van der Waals surface area contributed by atoms with Crippen LogP contribution in [0.1, 0.15) is 24.8 Å². The van der Waals surface area contributed by atoms with Crippen LogP contribution < -0.4 is 9.46 Å². The second-order valence-electron chi connectivity index (χ2n) is 7.80. The molecule has 1 aromatic carbocycles. The summed E-state index contributed by atoms with van der Waals surface area (Å²) >= 11 is 0. The lowest BCUT2D eigenvalue weighted by molar-refractivity contribution is 0.0608. The summed E-state index contributed by atoms with van der Waals surface area (Å²) < 4.78 is 51.9. The topological polar surface area (TPSA) is 104 Å². The highest BCUT2D eigenvalue weighted by Crippen LogP contribution is 2.45. The van der Waals surface area contributed by atoms with Gasteiger partial charge in [-0.2, -0.15) is 10.2 Å².